The second kappa shape index (κ2) is 5.93. The summed E-state index contributed by atoms with van der Waals surface area (Å²) in [6.07, 6.45) is 0. The monoisotopic (exact) mass is 263 g/mol. The van der Waals surface area contributed by atoms with Crippen molar-refractivity contribution in [1.82, 2.24) is 5.32 Å². The van der Waals surface area contributed by atoms with Gasteiger partial charge in [0.1, 0.15) is 6.04 Å². The highest BCUT2D eigenvalue weighted by atomic mass is 16.5. The summed E-state index contributed by atoms with van der Waals surface area (Å²) in [4.78, 5) is 14.3. The molecule has 3 N–H and O–H groups in total. The van der Waals surface area contributed by atoms with Crippen LogP contribution in [0.25, 0.3) is 0 Å². The number of benzene rings is 1. The predicted octanol–water partition coefficient (Wildman–Crippen LogP) is 0.999. The Morgan fingerprint density at radius 1 is 1.42 bits per heavy atom. The van der Waals surface area contributed by atoms with E-state index in [0.29, 0.717) is 19.8 Å². The molecule has 5 nitrogen and oxygen atoms in total. The quantitative estimate of drug-likeness (QED) is 0.798. The molecular formula is C14H21N3O2. The molecule has 19 heavy (non-hydrogen) atoms. The molecule has 2 rings (SSSR count). The van der Waals surface area contributed by atoms with E-state index in [-0.39, 0.29) is 18.0 Å². The van der Waals surface area contributed by atoms with E-state index in [9.17, 15) is 4.79 Å². The lowest BCUT2D eigenvalue weighted by atomic mass is 10.1. The molecule has 1 aliphatic rings. The van der Waals surface area contributed by atoms with Crippen LogP contribution in [0.5, 0.6) is 0 Å². The van der Waals surface area contributed by atoms with Crippen molar-refractivity contribution in [1.29, 1.82) is 0 Å². The van der Waals surface area contributed by atoms with Gasteiger partial charge in [-0.3, -0.25) is 4.79 Å². The maximum atomic E-state index is 12.2. The number of nitrogens with two attached hydrogens (primary N) is 1. The lowest BCUT2D eigenvalue weighted by molar-refractivity contribution is -0.125. The number of morpholine rings is 1. The van der Waals surface area contributed by atoms with Crippen molar-refractivity contribution in [3.8, 4) is 0 Å². The first-order valence-corrected chi connectivity index (χ1v) is 6.58. The van der Waals surface area contributed by atoms with Crippen LogP contribution in [0.15, 0.2) is 24.3 Å². The third-order valence-electron chi connectivity index (χ3n) is 3.09. The number of rotatable bonds is 3. The van der Waals surface area contributed by atoms with Crippen molar-refractivity contribution in [3.63, 3.8) is 0 Å². The van der Waals surface area contributed by atoms with E-state index in [1.54, 1.807) is 0 Å². The van der Waals surface area contributed by atoms with E-state index >= 15 is 0 Å². The highest BCUT2D eigenvalue weighted by Gasteiger charge is 2.29. The van der Waals surface area contributed by atoms with Gasteiger partial charge in [0.15, 0.2) is 0 Å². The Morgan fingerprint density at radius 2 is 2.11 bits per heavy atom. The minimum absolute atomic E-state index is 0.00604. The SMILES string of the molecule is CC(C)NC(=O)C1COCCN1c1ccc(N)cc1. The largest absolute Gasteiger partial charge is 0.399 e. The van der Waals surface area contributed by atoms with Crippen molar-refractivity contribution in [2.45, 2.75) is 25.9 Å². The summed E-state index contributed by atoms with van der Waals surface area (Å²) < 4.78 is 5.43. The first-order chi connectivity index (χ1) is 9.08. The van der Waals surface area contributed by atoms with Crippen LogP contribution in [0, 0.1) is 0 Å². The molecule has 1 saturated heterocycles. The van der Waals surface area contributed by atoms with Gasteiger partial charge in [-0.1, -0.05) is 0 Å². The van der Waals surface area contributed by atoms with Crippen molar-refractivity contribution < 1.29 is 9.53 Å². The van der Waals surface area contributed by atoms with Crippen molar-refractivity contribution in [2.24, 2.45) is 0 Å². The van der Waals surface area contributed by atoms with Gasteiger partial charge in [-0.15, -0.1) is 0 Å². The molecule has 1 aromatic rings. The zero-order valence-electron chi connectivity index (χ0n) is 11.4. The Hall–Kier alpha value is -1.75. The molecule has 1 atom stereocenters. The number of carbonyl (C=O) groups is 1. The minimum Gasteiger partial charge on any atom is -0.399 e. The average Bonchev–Trinajstić information content (AvgIpc) is 2.39. The van der Waals surface area contributed by atoms with Gasteiger partial charge in [0.25, 0.3) is 0 Å². The first kappa shape index (κ1) is 13.7. The maximum Gasteiger partial charge on any atom is 0.245 e. The van der Waals surface area contributed by atoms with Crippen LogP contribution in [0.2, 0.25) is 0 Å². The Balaban J connectivity index is 2.15. The summed E-state index contributed by atoms with van der Waals surface area (Å²) in [7, 11) is 0. The lowest BCUT2D eigenvalue weighted by Crippen LogP contribution is -2.55. The van der Waals surface area contributed by atoms with Crippen LogP contribution in [-0.2, 0) is 9.53 Å². The number of nitrogens with zero attached hydrogens (tertiary/aromatic N) is 1. The smallest absolute Gasteiger partial charge is 0.245 e. The number of hydrogen-bond donors (Lipinski definition) is 2. The molecule has 1 aromatic carbocycles. The fourth-order valence-electron chi connectivity index (χ4n) is 2.18. The Morgan fingerprint density at radius 3 is 2.74 bits per heavy atom. The number of ether oxygens (including phenoxy) is 1. The number of hydrogen-bond acceptors (Lipinski definition) is 4. The van der Waals surface area contributed by atoms with E-state index in [0.717, 1.165) is 11.4 Å². The topological polar surface area (TPSA) is 67.6 Å². The number of amides is 1. The highest BCUT2D eigenvalue weighted by Crippen LogP contribution is 2.21. The summed E-state index contributed by atoms with van der Waals surface area (Å²) >= 11 is 0. The normalized spacial score (nSPS) is 19.5. The predicted molar refractivity (Wildman–Crippen MR) is 76.1 cm³/mol. The van der Waals surface area contributed by atoms with E-state index in [2.05, 4.69) is 10.2 Å². The van der Waals surface area contributed by atoms with Gasteiger partial charge in [-0.05, 0) is 38.1 Å². The Kier molecular flexibility index (Phi) is 4.27. The number of nitrogens with one attached hydrogen (secondary N) is 1. The molecule has 1 unspecified atom stereocenters. The fraction of sp³-hybridized carbons (Fsp3) is 0.500. The van der Waals surface area contributed by atoms with Crippen LogP contribution in [-0.4, -0.2) is 37.7 Å². The Labute approximate surface area is 113 Å². The van der Waals surface area contributed by atoms with Crippen molar-refractivity contribution in [3.05, 3.63) is 24.3 Å². The molecule has 1 fully saturated rings. The molecule has 104 valence electrons. The Bertz CT molecular complexity index is 431. The van der Waals surface area contributed by atoms with E-state index in [4.69, 9.17) is 10.5 Å². The molecule has 0 spiro atoms. The van der Waals surface area contributed by atoms with E-state index in [1.807, 2.05) is 38.1 Å². The minimum atomic E-state index is -0.278. The third-order valence-corrected chi connectivity index (χ3v) is 3.09. The van der Waals surface area contributed by atoms with Crippen LogP contribution < -0.4 is 16.0 Å². The van der Waals surface area contributed by atoms with Gasteiger partial charge < -0.3 is 20.7 Å². The molecule has 0 saturated carbocycles. The second-order valence-electron chi connectivity index (χ2n) is 5.04. The molecular weight excluding hydrogens is 242 g/mol. The summed E-state index contributed by atoms with van der Waals surface area (Å²) in [6.45, 7) is 5.67. The molecule has 5 heteroatoms. The van der Waals surface area contributed by atoms with Crippen LogP contribution in [0.3, 0.4) is 0 Å². The average molecular weight is 263 g/mol. The summed E-state index contributed by atoms with van der Waals surface area (Å²) in [5, 5.41) is 2.94. The molecule has 0 aliphatic carbocycles. The van der Waals surface area contributed by atoms with Crippen molar-refractivity contribution >= 4 is 17.3 Å². The number of carbonyl (C=O) groups excluding carboxylic acids is 1. The summed E-state index contributed by atoms with van der Waals surface area (Å²) in [5.74, 6) is 0.00604. The molecule has 0 aromatic heterocycles. The van der Waals surface area contributed by atoms with Gasteiger partial charge in [0.05, 0.1) is 13.2 Å². The van der Waals surface area contributed by atoms with Crippen molar-refractivity contribution in [2.75, 3.05) is 30.4 Å². The fourth-order valence-corrected chi connectivity index (χ4v) is 2.18. The van der Waals surface area contributed by atoms with Gasteiger partial charge in [0.2, 0.25) is 5.91 Å². The van der Waals surface area contributed by atoms with Gasteiger partial charge in [-0.2, -0.15) is 0 Å². The zero-order valence-corrected chi connectivity index (χ0v) is 11.4. The summed E-state index contributed by atoms with van der Waals surface area (Å²) in [6, 6.07) is 7.43. The van der Waals surface area contributed by atoms with E-state index in [1.165, 1.54) is 0 Å². The molecule has 0 bridgehead atoms. The lowest BCUT2D eigenvalue weighted by Gasteiger charge is -2.36. The standard InChI is InChI=1S/C14H21N3O2/c1-10(2)16-14(18)13-9-19-8-7-17(13)12-5-3-11(15)4-6-12/h3-6,10,13H,7-9,15H2,1-2H3,(H,16,18). The van der Waals surface area contributed by atoms with Gasteiger partial charge >= 0.3 is 0 Å². The third kappa shape index (κ3) is 3.38. The van der Waals surface area contributed by atoms with Crippen LogP contribution in [0.1, 0.15) is 13.8 Å². The molecule has 1 amide bonds. The van der Waals surface area contributed by atoms with Crippen LogP contribution >= 0.6 is 0 Å². The molecule has 1 aliphatic heterocycles. The summed E-state index contributed by atoms with van der Waals surface area (Å²) in [5.41, 5.74) is 7.42. The molecule has 0 radical (unpaired) electrons. The van der Waals surface area contributed by atoms with E-state index < -0.39 is 0 Å². The first-order valence-electron chi connectivity index (χ1n) is 6.58. The second-order valence-corrected chi connectivity index (χ2v) is 5.04. The number of nitrogen functional groups attached to an aromatic ring is 1. The van der Waals surface area contributed by atoms with Gasteiger partial charge in [0, 0.05) is 24.0 Å². The highest BCUT2D eigenvalue weighted by molar-refractivity contribution is 5.86. The van der Waals surface area contributed by atoms with Gasteiger partial charge in [-0.25, -0.2) is 0 Å². The number of anilines is 2. The van der Waals surface area contributed by atoms with Crippen LogP contribution in [0.4, 0.5) is 11.4 Å². The maximum absolute atomic E-state index is 12.2. The molecule has 1 heterocycles. The zero-order chi connectivity index (χ0) is 13.8.